The molecule has 2 aliphatic heterocycles. The second-order valence-corrected chi connectivity index (χ2v) is 8.65. The van der Waals surface area contributed by atoms with Crippen molar-refractivity contribution in [2.24, 2.45) is 0 Å². The van der Waals surface area contributed by atoms with E-state index in [2.05, 4.69) is 22.5 Å². The summed E-state index contributed by atoms with van der Waals surface area (Å²) in [5.41, 5.74) is 0.521. The molecule has 2 aliphatic rings. The molecule has 0 spiro atoms. The molecule has 1 aromatic carbocycles. The van der Waals surface area contributed by atoms with Gasteiger partial charge in [0, 0.05) is 44.5 Å². The minimum atomic E-state index is -3.47. The van der Waals surface area contributed by atoms with E-state index in [-0.39, 0.29) is 10.8 Å². The summed E-state index contributed by atoms with van der Waals surface area (Å²) in [6, 6.07) is 6.84. The van der Waals surface area contributed by atoms with Gasteiger partial charge in [0.2, 0.25) is 15.9 Å². The van der Waals surface area contributed by atoms with E-state index in [1.165, 1.54) is 4.31 Å². The van der Waals surface area contributed by atoms with Crippen LogP contribution in [0, 0.1) is 0 Å². The number of amides is 1. The van der Waals surface area contributed by atoms with Crippen molar-refractivity contribution >= 4 is 21.6 Å². The molecule has 7 nitrogen and oxygen atoms in total. The number of carbonyl (C=O) groups is 1. The maximum atomic E-state index is 12.6. The van der Waals surface area contributed by atoms with E-state index in [1.807, 2.05) is 0 Å². The summed E-state index contributed by atoms with van der Waals surface area (Å²) in [6.45, 7) is 6.12. The predicted octanol–water partition coefficient (Wildman–Crippen LogP) is 0.703. The van der Waals surface area contributed by atoms with Crippen LogP contribution in [0.3, 0.4) is 0 Å². The second kappa shape index (κ2) is 7.82. The first-order valence-corrected chi connectivity index (χ1v) is 10.3. The number of rotatable bonds is 5. The van der Waals surface area contributed by atoms with Crippen LogP contribution in [0.1, 0.15) is 19.8 Å². The lowest BCUT2D eigenvalue weighted by atomic mass is 10.2. The zero-order valence-electron chi connectivity index (χ0n) is 14.6. The summed E-state index contributed by atoms with van der Waals surface area (Å²) in [5, 5.41) is 6.12. The number of carbonyl (C=O) groups excluding carboxylic acids is 1. The number of sulfonamides is 1. The molecule has 1 atom stereocenters. The molecule has 2 fully saturated rings. The van der Waals surface area contributed by atoms with Crippen LogP contribution in [0.5, 0.6) is 0 Å². The summed E-state index contributed by atoms with van der Waals surface area (Å²) in [6.07, 6.45) is 1.80. The molecule has 0 aromatic heterocycles. The lowest BCUT2D eigenvalue weighted by Crippen LogP contribution is -2.51. The molecule has 0 radical (unpaired) electrons. The molecule has 2 saturated heterocycles. The minimum Gasteiger partial charge on any atom is -0.325 e. The quantitative estimate of drug-likeness (QED) is 0.802. The maximum Gasteiger partial charge on any atom is 0.243 e. The lowest BCUT2D eigenvalue weighted by Gasteiger charge is -2.33. The normalized spacial score (nSPS) is 22.8. The Labute approximate surface area is 149 Å². The number of hydrogen-bond donors (Lipinski definition) is 2. The lowest BCUT2D eigenvalue weighted by molar-refractivity contribution is -0.118. The molecule has 25 heavy (non-hydrogen) atoms. The fourth-order valence-corrected chi connectivity index (χ4v) is 4.88. The number of anilines is 1. The zero-order valence-corrected chi connectivity index (χ0v) is 15.4. The van der Waals surface area contributed by atoms with Crippen molar-refractivity contribution in [3.63, 3.8) is 0 Å². The Morgan fingerprint density at radius 3 is 2.76 bits per heavy atom. The third kappa shape index (κ3) is 4.38. The summed E-state index contributed by atoms with van der Waals surface area (Å²) < 4.78 is 26.8. The second-order valence-electron chi connectivity index (χ2n) is 6.71. The topological polar surface area (TPSA) is 81.8 Å². The van der Waals surface area contributed by atoms with Gasteiger partial charge in [-0.15, -0.1) is 0 Å². The van der Waals surface area contributed by atoms with Crippen LogP contribution in [0.15, 0.2) is 29.2 Å². The van der Waals surface area contributed by atoms with Crippen LogP contribution < -0.4 is 10.6 Å². The number of hydrogen-bond acceptors (Lipinski definition) is 5. The molecular weight excluding hydrogens is 340 g/mol. The van der Waals surface area contributed by atoms with Crippen molar-refractivity contribution in [2.75, 3.05) is 44.6 Å². The van der Waals surface area contributed by atoms with Crippen LogP contribution in [-0.4, -0.2) is 68.8 Å². The average Bonchev–Trinajstić information content (AvgIpc) is 3.12. The Balaban J connectivity index is 1.66. The summed E-state index contributed by atoms with van der Waals surface area (Å²) >= 11 is 0. The van der Waals surface area contributed by atoms with Gasteiger partial charge in [-0.1, -0.05) is 6.07 Å². The third-order valence-corrected chi connectivity index (χ3v) is 6.70. The van der Waals surface area contributed by atoms with Crippen LogP contribution in [0.2, 0.25) is 0 Å². The Morgan fingerprint density at radius 1 is 1.28 bits per heavy atom. The van der Waals surface area contributed by atoms with E-state index < -0.39 is 10.0 Å². The Kier molecular flexibility index (Phi) is 5.73. The first-order valence-electron chi connectivity index (χ1n) is 8.81. The fourth-order valence-electron chi connectivity index (χ4n) is 3.31. The van der Waals surface area contributed by atoms with Crippen molar-refractivity contribution in [1.82, 2.24) is 14.5 Å². The Hall–Kier alpha value is -1.48. The van der Waals surface area contributed by atoms with Crippen LogP contribution in [-0.2, 0) is 14.8 Å². The third-order valence-electron chi connectivity index (χ3n) is 4.81. The highest BCUT2D eigenvalue weighted by Gasteiger charge is 2.27. The number of piperazine rings is 1. The van der Waals surface area contributed by atoms with Crippen LogP contribution >= 0.6 is 0 Å². The van der Waals surface area contributed by atoms with E-state index in [0.29, 0.717) is 31.4 Å². The highest BCUT2D eigenvalue weighted by molar-refractivity contribution is 7.89. The van der Waals surface area contributed by atoms with Gasteiger partial charge in [-0.2, -0.15) is 4.31 Å². The minimum absolute atomic E-state index is 0.121. The molecule has 3 rings (SSSR count). The van der Waals surface area contributed by atoms with Gasteiger partial charge in [0.25, 0.3) is 0 Å². The van der Waals surface area contributed by atoms with Gasteiger partial charge in [0.05, 0.1) is 11.4 Å². The zero-order chi connectivity index (χ0) is 17.9. The van der Waals surface area contributed by atoms with E-state index in [0.717, 1.165) is 32.5 Å². The molecule has 1 amide bonds. The van der Waals surface area contributed by atoms with Gasteiger partial charge in [0.15, 0.2) is 0 Å². The van der Waals surface area contributed by atoms with Gasteiger partial charge in [-0.3, -0.25) is 9.69 Å². The van der Waals surface area contributed by atoms with Gasteiger partial charge in [-0.05, 0) is 38.0 Å². The highest BCUT2D eigenvalue weighted by atomic mass is 32.2. The molecule has 2 heterocycles. The van der Waals surface area contributed by atoms with Crippen molar-refractivity contribution in [1.29, 1.82) is 0 Å². The molecule has 0 saturated carbocycles. The molecule has 0 unspecified atom stereocenters. The summed E-state index contributed by atoms with van der Waals surface area (Å²) in [4.78, 5) is 14.7. The SMILES string of the molecule is C[C@H]1CNCCN1CC(=O)Nc1cccc(S(=O)(=O)N2CCCC2)c1. The number of nitrogens with one attached hydrogen (secondary N) is 2. The average molecular weight is 366 g/mol. The van der Waals surface area contributed by atoms with Crippen molar-refractivity contribution in [3.05, 3.63) is 24.3 Å². The Morgan fingerprint density at radius 2 is 2.04 bits per heavy atom. The van der Waals surface area contributed by atoms with E-state index in [1.54, 1.807) is 24.3 Å². The van der Waals surface area contributed by atoms with Crippen molar-refractivity contribution < 1.29 is 13.2 Å². The smallest absolute Gasteiger partial charge is 0.243 e. The van der Waals surface area contributed by atoms with Crippen molar-refractivity contribution in [2.45, 2.75) is 30.7 Å². The Bertz CT molecular complexity index is 716. The van der Waals surface area contributed by atoms with E-state index in [9.17, 15) is 13.2 Å². The summed E-state index contributed by atoms with van der Waals surface area (Å²) in [5.74, 6) is -0.121. The molecule has 0 bridgehead atoms. The predicted molar refractivity (Wildman–Crippen MR) is 97.0 cm³/mol. The molecule has 138 valence electrons. The molecule has 1 aromatic rings. The van der Waals surface area contributed by atoms with E-state index >= 15 is 0 Å². The molecular formula is C17H26N4O3S. The molecule has 8 heteroatoms. The first-order chi connectivity index (χ1) is 12.0. The van der Waals surface area contributed by atoms with Gasteiger partial charge >= 0.3 is 0 Å². The van der Waals surface area contributed by atoms with E-state index in [4.69, 9.17) is 0 Å². The largest absolute Gasteiger partial charge is 0.325 e. The van der Waals surface area contributed by atoms with Gasteiger partial charge < -0.3 is 10.6 Å². The maximum absolute atomic E-state index is 12.6. The molecule has 0 aliphatic carbocycles. The van der Waals surface area contributed by atoms with Crippen LogP contribution in [0.25, 0.3) is 0 Å². The first kappa shape index (κ1) is 18.3. The monoisotopic (exact) mass is 366 g/mol. The highest BCUT2D eigenvalue weighted by Crippen LogP contribution is 2.23. The van der Waals surface area contributed by atoms with Crippen LogP contribution in [0.4, 0.5) is 5.69 Å². The number of benzene rings is 1. The fraction of sp³-hybridized carbons (Fsp3) is 0.588. The number of nitrogens with zero attached hydrogens (tertiary/aromatic N) is 2. The summed E-state index contributed by atoms with van der Waals surface area (Å²) in [7, 11) is -3.47. The van der Waals surface area contributed by atoms with Gasteiger partial charge in [-0.25, -0.2) is 8.42 Å². The van der Waals surface area contributed by atoms with Gasteiger partial charge in [0.1, 0.15) is 0 Å². The standard InChI is InChI=1S/C17H26N4O3S/c1-14-12-18-7-10-20(14)13-17(22)19-15-5-4-6-16(11-15)25(23,24)21-8-2-3-9-21/h4-6,11,14,18H,2-3,7-10,12-13H2,1H3,(H,19,22)/t14-/m0/s1. The molecule has 2 N–H and O–H groups in total. The van der Waals surface area contributed by atoms with Crippen molar-refractivity contribution in [3.8, 4) is 0 Å².